The number of hydrogen-bond donors (Lipinski definition) is 1. The number of carbonyl (C=O) groups is 1. The molecule has 1 heterocycles. The number of aromatic nitrogens is 2. The van der Waals surface area contributed by atoms with Crippen LogP contribution in [-0.2, 0) is 11.3 Å². The molecule has 0 spiro atoms. The van der Waals surface area contributed by atoms with Gasteiger partial charge in [0.2, 0.25) is 0 Å². The Labute approximate surface area is 144 Å². The van der Waals surface area contributed by atoms with E-state index in [1.165, 1.54) is 11.3 Å². The fourth-order valence-electron chi connectivity index (χ4n) is 2.11. The molecule has 0 bridgehead atoms. The Morgan fingerprint density at radius 1 is 1.08 bits per heavy atom. The molecule has 3 aromatic rings. The van der Waals surface area contributed by atoms with Gasteiger partial charge >= 0.3 is 6.09 Å². The summed E-state index contributed by atoms with van der Waals surface area (Å²) in [5.74, 6) is 0. The van der Waals surface area contributed by atoms with Gasteiger partial charge in [-0.2, -0.15) is 0 Å². The van der Waals surface area contributed by atoms with Crippen molar-refractivity contribution in [2.24, 2.45) is 0 Å². The van der Waals surface area contributed by atoms with Crippen LogP contribution in [0.25, 0.3) is 10.6 Å². The van der Waals surface area contributed by atoms with Crippen molar-refractivity contribution in [2.45, 2.75) is 19.6 Å². The number of benzene rings is 2. The second kappa shape index (κ2) is 7.70. The topological polar surface area (TPSA) is 64.1 Å². The molecule has 24 heavy (non-hydrogen) atoms. The van der Waals surface area contributed by atoms with Crippen LogP contribution in [0.4, 0.5) is 4.79 Å². The average Bonchev–Trinajstić information content (AvgIpc) is 3.12. The van der Waals surface area contributed by atoms with E-state index in [0.29, 0.717) is 0 Å². The zero-order valence-corrected chi connectivity index (χ0v) is 14.0. The summed E-state index contributed by atoms with van der Waals surface area (Å²) < 4.78 is 5.22. The van der Waals surface area contributed by atoms with Crippen molar-refractivity contribution < 1.29 is 9.53 Å². The number of nitrogens with one attached hydrogen (secondary N) is 1. The van der Waals surface area contributed by atoms with E-state index in [2.05, 4.69) is 15.5 Å². The van der Waals surface area contributed by atoms with E-state index in [1.807, 2.05) is 67.6 Å². The molecule has 0 fully saturated rings. The fourth-order valence-corrected chi connectivity index (χ4v) is 2.96. The van der Waals surface area contributed by atoms with Crippen molar-refractivity contribution >= 4 is 17.4 Å². The van der Waals surface area contributed by atoms with Crippen LogP contribution in [0.2, 0.25) is 0 Å². The number of amides is 1. The summed E-state index contributed by atoms with van der Waals surface area (Å²) in [4.78, 5) is 11.9. The SMILES string of the molecule is C[C@H](NC(=O)OCc1ccccc1)c1nnc(-c2ccccc2)s1. The van der Waals surface area contributed by atoms with Crippen molar-refractivity contribution in [1.29, 1.82) is 0 Å². The number of hydrogen-bond acceptors (Lipinski definition) is 5. The number of alkyl carbamates (subject to hydrolysis) is 1. The molecule has 1 aromatic heterocycles. The molecule has 2 aromatic carbocycles. The van der Waals surface area contributed by atoms with Crippen molar-refractivity contribution in [3.63, 3.8) is 0 Å². The van der Waals surface area contributed by atoms with Crippen LogP contribution in [0, 0.1) is 0 Å². The number of carbonyl (C=O) groups excluding carboxylic acids is 1. The second-order valence-corrected chi connectivity index (χ2v) is 6.25. The van der Waals surface area contributed by atoms with Gasteiger partial charge in [-0.15, -0.1) is 10.2 Å². The van der Waals surface area contributed by atoms with Crippen LogP contribution in [0.15, 0.2) is 60.7 Å². The van der Waals surface area contributed by atoms with Gasteiger partial charge < -0.3 is 10.1 Å². The number of nitrogens with zero attached hydrogens (tertiary/aromatic N) is 2. The van der Waals surface area contributed by atoms with Gasteiger partial charge in [-0.1, -0.05) is 72.0 Å². The third-order valence-electron chi connectivity index (χ3n) is 3.38. The Morgan fingerprint density at radius 2 is 1.75 bits per heavy atom. The van der Waals surface area contributed by atoms with Crippen LogP contribution in [0.5, 0.6) is 0 Å². The Morgan fingerprint density at radius 3 is 2.46 bits per heavy atom. The highest BCUT2D eigenvalue weighted by Gasteiger charge is 2.16. The van der Waals surface area contributed by atoms with Crippen molar-refractivity contribution in [3.05, 3.63) is 71.2 Å². The van der Waals surface area contributed by atoms with Gasteiger partial charge in [0.05, 0.1) is 6.04 Å². The third-order valence-corrected chi connectivity index (χ3v) is 4.53. The molecule has 1 amide bonds. The third kappa shape index (κ3) is 4.17. The molecule has 6 heteroatoms. The molecular weight excluding hydrogens is 322 g/mol. The Kier molecular flexibility index (Phi) is 5.18. The molecule has 1 atom stereocenters. The van der Waals surface area contributed by atoms with Crippen molar-refractivity contribution in [1.82, 2.24) is 15.5 Å². The highest BCUT2D eigenvalue weighted by Crippen LogP contribution is 2.26. The normalized spacial score (nSPS) is 11.7. The minimum absolute atomic E-state index is 0.241. The summed E-state index contributed by atoms with van der Waals surface area (Å²) in [6, 6.07) is 19.1. The average molecular weight is 339 g/mol. The predicted octanol–water partition coefficient (Wildman–Crippen LogP) is 4.19. The summed E-state index contributed by atoms with van der Waals surface area (Å²) in [6.07, 6.45) is -0.470. The Balaban J connectivity index is 1.56. The maximum Gasteiger partial charge on any atom is 0.408 e. The highest BCUT2D eigenvalue weighted by atomic mass is 32.1. The highest BCUT2D eigenvalue weighted by molar-refractivity contribution is 7.14. The van der Waals surface area contributed by atoms with Crippen LogP contribution in [-0.4, -0.2) is 16.3 Å². The Bertz CT molecular complexity index is 790. The van der Waals surface area contributed by atoms with Gasteiger partial charge in [0.1, 0.15) is 16.6 Å². The minimum atomic E-state index is -0.470. The Hall–Kier alpha value is -2.73. The summed E-state index contributed by atoms with van der Waals surface area (Å²) in [6.45, 7) is 2.10. The summed E-state index contributed by atoms with van der Waals surface area (Å²) in [7, 11) is 0. The number of rotatable bonds is 5. The maximum atomic E-state index is 11.9. The summed E-state index contributed by atoms with van der Waals surface area (Å²) in [5.41, 5.74) is 1.96. The zero-order valence-electron chi connectivity index (χ0n) is 13.2. The van der Waals surface area contributed by atoms with E-state index < -0.39 is 6.09 Å². The molecule has 122 valence electrons. The summed E-state index contributed by atoms with van der Waals surface area (Å²) >= 11 is 1.46. The molecule has 5 nitrogen and oxygen atoms in total. The lowest BCUT2D eigenvalue weighted by Gasteiger charge is -2.11. The van der Waals surface area contributed by atoms with Crippen LogP contribution < -0.4 is 5.32 Å². The van der Waals surface area contributed by atoms with Crippen LogP contribution >= 0.6 is 11.3 Å². The van der Waals surface area contributed by atoms with E-state index >= 15 is 0 Å². The molecule has 0 unspecified atom stereocenters. The van der Waals surface area contributed by atoms with Crippen LogP contribution in [0.3, 0.4) is 0 Å². The monoisotopic (exact) mass is 339 g/mol. The molecule has 3 rings (SSSR count). The molecule has 1 N–H and O–H groups in total. The molecule has 0 radical (unpaired) electrons. The van der Waals surface area contributed by atoms with E-state index in [4.69, 9.17) is 4.74 Å². The predicted molar refractivity (Wildman–Crippen MR) is 93.5 cm³/mol. The zero-order chi connectivity index (χ0) is 16.8. The van der Waals surface area contributed by atoms with E-state index in [0.717, 1.165) is 21.1 Å². The van der Waals surface area contributed by atoms with Gasteiger partial charge in [-0.25, -0.2) is 4.79 Å². The lowest BCUT2D eigenvalue weighted by Crippen LogP contribution is -2.27. The van der Waals surface area contributed by atoms with E-state index in [9.17, 15) is 4.79 Å². The van der Waals surface area contributed by atoms with Crippen LogP contribution in [0.1, 0.15) is 23.5 Å². The standard InChI is InChI=1S/C18H17N3O2S/c1-13(19-18(22)23-12-14-8-4-2-5-9-14)16-20-21-17(24-16)15-10-6-3-7-11-15/h2-11,13H,12H2,1H3,(H,19,22)/t13-/m0/s1. The second-order valence-electron chi connectivity index (χ2n) is 5.24. The molecule has 0 aliphatic carbocycles. The number of ether oxygens (including phenoxy) is 1. The summed E-state index contributed by atoms with van der Waals surface area (Å²) in [5, 5.41) is 12.7. The lowest BCUT2D eigenvalue weighted by atomic mass is 10.2. The molecule has 0 aliphatic rings. The van der Waals surface area contributed by atoms with E-state index in [-0.39, 0.29) is 12.6 Å². The minimum Gasteiger partial charge on any atom is -0.445 e. The van der Waals surface area contributed by atoms with Gasteiger partial charge in [0, 0.05) is 5.56 Å². The quantitative estimate of drug-likeness (QED) is 0.757. The first-order valence-corrected chi connectivity index (χ1v) is 8.40. The molecular formula is C18H17N3O2S. The molecule has 0 aliphatic heterocycles. The smallest absolute Gasteiger partial charge is 0.408 e. The largest absolute Gasteiger partial charge is 0.445 e. The van der Waals surface area contributed by atoms with Gasteiger partial charge in [0.25, 0.3) is 0 Å². The maximum absolute atomic E-state index is 11.9. The van der Waals surface area contributed by atoms with Gasteiger partial charge in [0.15, 0.2) is 0 Å². The van der Waals surface area contributed by atoms with Crippen molar-refractivity contribution in [3.8, 4) is 10.6 Å². The fraction of sp³-hybridized carbons (Fsp3) is 0.167. The van der Waals surface area contributed by atoms with Gasteiger partial charge in [-0.05, 0) is 12.5 Å². The molecule has 0 saturated carbocycles. The van der Waals surface area contributed by atoms with Crippen molar-refractivity contribution in [2.75, 3.05) is 0 Å². The van der Waals surface area contributed by atoms with E-state index in [1.54, 1.807) is 0 Å². The first-order chi connectivity index (χ1) is 11.7. The van der Waals surface area contributed by atoms with Gasteiger partial charge in [-0.3, -0.25) is 0 Å². The molecule has 0 saturated heterocycles. The first-order valence-electron chi connectivity index (χ1n) is 7.58. The lowest BCUT2D eigenvalue weighted by molar-refractivity contribution is 0.136. The first kappa shape index (κ1) is 16.1.